The fraction of sp³-hybridized carbons (Fsp3) is 0.545. The normalized spacial score (nSPS) is 14.2. The van der Waals surface area contributed by atoms with E-state index in [-0.39, 0.29) is 5.92 Å². The highest BCUT2D eigenvalue weighted by Crippen LogP contribution is 2.10. The van der Waals surface area contributed by atoms with Crippen LogP contribution in [0.3, 0.4) is 0 Å². The predicted octanol–water partition coefficient (Wildman–Crippen LogP) is 1.10. The van der Waals surface area contributed by atoms with Crippen LogP contribution in [0.2, 0.25) is 0 Å². The highest BCUT2D eigenvalue weighted by Gasteiger charge is 2.11. The molecule has 0 bridgehead atoms. The molecule has 0 aliphatic rings. The highest BCUT2D eigenvalue weighted by atomic mass is 32.2. The van der Waals surface area contributed by atoms with Crippen LogP contribution in [-0.4, -0.2) is 26.3 Å². The second-order valence-corrected chi connectivity index (χ2v) is 4.85. The molecule has 2 atom stereocenters. The number of ether oxygens (including phenoxy) is 1. The summed E-state index contributed by atoms with van der Waals surface area (Å²) in [6.45, 7) is 6.94. The van der Waals surface area contributed by atoms with Crippen LogP contribution < -0.4 is 9.88 Å². The van der Waals surface area contributed by atoms with E-state index in [4.69, 9.17) is 9.88 Å². The molecule has 96 valence electrons. The first kappa shape index (κ1) is 13.9. The quantitative estimate of drug-likeness (QED) is 0.709. The van der Waals surface area contributed by atoms with Gasteiger partial charge in [-0.15, -0.1) is 11.7 Å². The van der Waals surface area contributed by atoms with E-state index < -0.39 is 11.0 Å². The zero-order valence-electron chi connectivity index (χ0n) is 10.0. The van der Waals surface area contributed by atoms with Crippen molar-refractivity contribution in [1.82, 2.24) is 9.78 Å². The number of hydrogen-bond donors (Lipinski definition) is 1. The zero-order chi connectivity index (χ0) is 12.7. The molecule has 2 unspecified atom stereocenters. The fourth-order valence-electron chi connectivity index (χ4n) is 1.45. The minimum absolute atomic E-state index is 0.116. The first-order valence-electron chi connectivity index (χ1n) is 5.55. The molecular weight excluding hydrogens is 238 g/mol. The first-order valence-corrected chi connectivity index (χ1v) is 6.93. The average molecular weight is 257 g/mol. The Kier molecular flexibility index (Phi) is 5.93. The molecule has 1 aromatic rings. The van der Waals surface area contributed by atoms with Gasteiger partial charge in [0.05, 0.1) is 17.6 Å². The van der Waals surface area contributed by atoms with Crippen LogP contribution >= 0.6 is 0 Å². The molecule has 1 aromatic heterocycles. The molecule has 1 rings (SSSR count). The van der Waals surface area contributed by atoms with Gasteiger partial charge in [-0.2, -0.15) is 0 Å². The Hall–Kier alpha value is -1.14. The molecule has 0 aliphatic heterocycles. The lowest BCUT2D eigenvalue weighted by molar-refractivity contribution is 0.251. The van der Waals surface area contributed by atoms with Gasteiger partial charge in [-0.3, -0.25) is 9.82 Å². The lowest BCUT2D eigenvalue weighted by atomic mass is 10.1. The summed E-state index contributed by atoms with van der Waals surface area (Å²) in [6, 6.07) is 1.81. The summed E-state index contributed by atoms with van der Waals surface area (Å²) in [6.07, 6.45) is 4.38. The maximum Gasteiger partial charge on any atom is 0.232 e. The maximum absolute atomic E-state index is 11.0. The van der Waals surface area contributed by atoms with Gasteiger partial charge in [0.15, 0.2) is 0 Å². The summed E-state index contributed by atoms with van der Waals surface area (Å²) in [7, 11) is -1.30. The van der Waals surface area contributed by atoms with E-state index in [1.54, 1.807) is 10.8 Å². The van der Waals surface area contributed by atoms with E-state index in [0.717, 1.165) is 13.0 Å². The Bertz CT molecular complexity index is 379. The van der Waals surface area contributed by atoms with Crippen LogP contribution in [0.5, 0.6) is 5.88 Å². The zero-order valence-corrected chi connectivity index (χ0v) is 10.9. The topological polar surface area (TPSA) is 70.1 Å². The number of nitrogens with zero attached hydrogens (tertiary/aromatic N) is 2. The van der Waals surface area contributed by atoms with Gasteiger partial charge in [0, 0.05) is 30.5 Å². The molecule has 0 aliphatic carbocycles. The Morgan fingerprint density at radius 2 is 2.53 bits per heavy atom. The van der Waals surface area contributed by atoms with Crippen molar-refractivity contribution in [3.8, 4) is 5.88 Å². The third kappa shape index (κ3) is 5.14. The standard InChI is InChI=1S/C11H19N3O2S/c1-3-5-10(9-17(12)15)8-16-11-6-7-14(4-2)13-11/h3,6-7,10H,1,4-5,8-9,12H2,2H3. The van der Waals surface area contributed by atoms with Crippen LogP contribution in [0.1, 0.15) is 13.3 Å². The van der Waals surface area contributed by atoms with Crippen LogP contribution in [0.25, 0.3) is 0 Å². The van der Waals surface area contributed by atoms with Crippen LogP contribution in [-0.2, 0) is 17.5 Å². The van der Waals surface area contributed by atoms with Crippen molar-refractivity contribution < 1.29 is 8.95 Å². The second-order valence-electron chi connectivity index (χ2n) is 3.76. The molecule has 0 saturated heterocycles. The Balaban J connectivity index is 2.44. The summed E-state index contributed by atoms with van der Waals surface area (Å²) in [4.78, 5) is 0. The van der Waals surface area contributed by atoms with Gasteiger partial charge in [-0.25, -0.2) is 4.21 Å². The van der Waals surface area contributed by atoms with Gasteiger partial charge in [0.1, 0.15) is 0 Å². The number of hydrogen-bond acceptors (Lipinski definition) is 3. The molecule has 2 N–H and O–H groups in total. The lowest BCUT2D eigenvalue weighted by Crippen LogP contribution is -2.22. The maximum atomic E-state index is 11.0. The van der Waals surface area contributed by atoms with Crippen molar-refractivity contribution >= 4 is 11.0 Å². The van der Waals surface area contributed by atoms with Crippen molar-refractivity contribution in [2.75, 3.05) is 12.4 Å². The predicted molar refractivity (Wildman–Crippen MR) is 68.9 cm³/mol. The van der Waals surface area contributed by atoms with E-state index in [1.807, 2.05) is 19.2 Å². The first-order chi connectivity index (χ1) is 8.15. The molecular formula is C11H19N3O2S. The number of allylic oxidation sites excluding steroid dienone is 1. The Morgan fingerprint density at radius 3 is 3.06 bits per heavy atom. The lowest BCUT2D eigenvalue weighted by Gasteiger charge is -2.13. The van der Waals surface area contributed by atoms with Crippen molar-refractivity contribution in [3.05, 3.63) is 24.9 Å². The molecule has 0 fully saturated rings. The monoisotopic (exact) mass is 257 g/mol. The van der Waals surface area contributed by atoms with Gasteiger partial charge >= 0.3 is 0 Å². The summed E-state index contributed by atoms with van der Waals surface area (Å²) in [5.74, 6) is 1.12. The average Bonchev–Trinajstić information content (AvgIpc) is 2.73. The van der Waals surface area contributed by atoms with Crippen LogP contribution in [0, 0.1) is 5.92 Å². The van der Waals surface area contributed by atoms with Crippen LogP contribution in [0.15, 0.2) is 24.9 Å². The van der Waals surface area contributed by atoms with Gasteiger partial charge in [-0.1, -0.05) is 6.08 Å². The van der Waals surface area contributed by atoms with Gasteiger partial charge < -0.3 is 4.74 Å². The van der Waals surface area contributed by atoms with E-state index in [0.29, 0.717) is 18.2 Å². The smallest absolute Gasteiger partial charge is 0.232 e. The molecule has 0 aromatic carbocycles. The second kappa shape index (κ2) is 7.24. The number of aryl methyl sites for hydroxylation is 1. The summed E-state index contributed by atoms with van der Waals surface area (Å²) in [5, 5.41) is 9.48. The number of nitrogens with two attached hydrogens (primary N) is 1. The summed E-state index contributed by atoms with van der Waals surface area (Å²) in [5.41, 5.74) is 0. The number of aromatic nitrogens is 2. The largest absolute Gasteiger partial charge is 0.476 e. The molecule has 0 saturated carbocycles. The van der Waals surface area contributed by atoms with Crippen molar-refractivity contribution in [2.24, 2.45) is 11.1 Å². The Labute approximate surface area is 104 Å². The number of rotatable bonds is 8. The van der Waals surface area contributed by atoms with Crippen LogP contribution in [0.4, 0.5) is 0 Å². The third-order valence-corrected chi connectivity index (χ3v) is 3.11. The van der Waals surface area contributed by atoms with E-state index in [2.05, 4.69) is 11.7 Å². The SMILES string of the molecule is C=CCC(COc1ccn(CC)n1)CS(N)=O. The summed E-state index contributed by atoms with van der Waals surface area (Å²) < 4.78 is 18.3. The van der Waals surface area contributed by atoms with Gasteiger partial charge in [-0.05, 0) is 13.3 Å². The van der Waals surface area contributed by atoms with E-state index in [1.165, 1.54) is 0 Å². The minimum atomic E-state index is -1.30. The van der Waals surface area contributed by atoms with E-state index in [9.17, 15) is 4.21 Å². The fourth-order valence-corrected chi connectivity index (χ4v) is 2.15. The van der Waals surface area contributed by atoms with Gasteiger partial charge in [0.2, 0.25) is 5.88 Å². The van der Waals surface area contributed by atoms with Gasteiger partial charge in [0.25, 0.3) is 0 Å². The molecule has 5 nitrogen and oxygen atoms in total. The minimum Gasteiger partial charge on any atom is -0.476 e. The van der Waals surface area contributed by atoms with Crippen molar-refractivity contribution in [1.29, 1.82) is 0 Å². The highest BCUT2D eigenvalue weighted by molar-refractivity contribution is 7.82. The summed E-state index contributed by atoms with van der Waals surface area (Å²) >= 11 is 0. The third-order valence-electron chi connectivity index (χ3n) is 2.31. The molecule has 0 amide bonds. The molecule has 17 heavy (non-hydrogen) atoms. The Morgan fingerprint density at radius 1 is 1.76 bits per heavy atom. The molecule has 1 heterocycles. The molecule has 0 spiro atoms. The molecule has 6 heteroatoms. The van der Waals surface area contributed by atoms with E-state index >= 15 is 0 Å². The van der Waals surface area contributed by atoms with Crippen molar-refractivity contribution in [3.63, 3.8) is 0 Å². The van der Waals surface area contributed by atoms with Crippen molar-refractivity contribution in [2.45, 2.75) is 19.9 Å². The molecule has 0 radical (unpaired) electrons.